The molecule has 0 unspecified atom stereocenters. The van der Waals surface area contributed by atoms with Gasteiger partial charge in [0.05, 0.1) is 6.61 Å². The van der Waals surface area contributed by atoms with Crippen molar-refractivity contribution in [1.29, 1.82) is 0 Å². The van der Waals surface area contributed by atoms with Gasteiger partial charge in [-0.25, -0.2) is 0 Å². The van der Waals surface area contributed by atoms with Crippen molar-refractivity contribution in [2.75, 3.05) is 6.61 Å². The minimum absolute atomic E-state index is 0.108. The normalized spacial score (nSPS) is 12.6. The molecule has 0 aromatic carbocycles. The zero-order valence-corrected chi connectivity index (χ0v) is 8.79. The molecule has 0 spiro atoms. The van der Waals surface area contributed by atoms with Crippen molar-refractivity contribution in [2.45, 2.75) is 9.66 Å². The number of rotatable bonds is 4. The maximum atomic E-state index is 8.25. The summed E-state index contributed by atoms with van der Waals surface area (Å²) in [6.07, 6.45) is 0.288. The van der Waals surface area contributed by atoms with Gasteiger partial charge in [-0.05, 0) is 15.9 Å². The van der Waals surface area contributed by atoms with Crippen LogP contribution >= 0.6 is 47.7 Å². The van der Waals surface area contributed by atoms with E-state index in [2.05, 4.69) is 20.5 Å². The predicted molar refractivity (Wildman–Crippen MR) is 45.3 cm³/mol. The maximum absolute atomic E-state index is 8.25. The van der Waals surface area contributed by atoms with Gasteiger partial charge in [-0.1, -0.05) is 23.2 Å². The Morgan fingerprint density at radius 2 is 2.00 bits per heavy atom. The quantitative estimate of drug-likeness (QED) is 0.608. The van der Waals surface area contributed by atoms with E-state index in [4.69, 9.17) is 33.0 Å². The molecular weight excluding hydrogens is 266 g/mol. The minimum atomic E-state index is -2.29. The third-order valence-electron chi connectivity index (χ3n) is 0.592. The molecule has 0 fully saturated rings. The van der Waals surface area contributed by atoms with Gasteiger partial charge in [0.25, 0.3) is 0 Å². The summed E-state index contributed by atoms with van der Waals surface area (Å²) in [6, 6.07) is 0. The second-order valence-electron chi connectivity index (χ2n) is 1.45. The summed E-state index contributed by atoms with van der Waals surface area (Å²) in [5.41, 5.74) is 0. The molecule has 0 radical (unpaired) electrons. The van der Waals surface area contributed by atoms with E-state index in [-0.39, 0.29) is 13.0 Å². The van der Waals surface area contributed by atoms with Crippen LogP contribution in [-0.4, -0.2) is 19.6 Å². The van der Waals surface area contributed by atoms with Gasteiger partial charge in [0.1, 0.15) is 0 Å². The van der Waals surface area contributed by atoms with Gasteiger partial charge >= 0.3 is 8.60 Å². The van der Waals surface area contributed by atoms with Crippen LogP contribution in [0.25, 0.3) is 0 Å². The van der Waals surface area contributed by atoms with E-state index in [1.165, 1.54) is 0 Å². The third kappa shape index (κ3) is 9.37. The first-order valence-electron chi connectivity index (χ1n) is 2.29. The molecule has 10 heavy (non-hydrogen) atoms. The maximum Gasteiger partial charge on any atom is 0.327 e. The number of hydrogen-bond acceptors (Lipinski definition) is 3. The van der Waals surface area contributed by atoms with Gasteiger partial charge in [0, 0.05) is 6.42 Å². The van der Waals surface area contributed by atoms with Crippen LogP contribution in [0, 0.1) is 0 Å². The molecule has 7 heteroatoms. The van der Waals surface area contributed by atoms with Crippen LogP contribution in [0.1, 0.15) is 6.42 Å². The standard InChI is InChI=1S/C3H6BrCl2O3P/c4-3(5,6)1-2-9-10(7)8/h7-8H,1-2H2. The van der Waals surface area contributed by atoms with E-state index in [0.29, 0.717) is 0 Å². The molecule has 0 saturated heterocycles. The summed E-state index contributed by atoms with van der Waals surface area (Å²) in [5.74, 6) is 0. The fraction of sp³-hybridized carbons (Fsp3) is 1.00. The Hall–Kier alpha value is 1.37. The Balaban J connectivity index is 3.21. The number of alkyl halides is 3. The van der Waals surface area contributed by atoms with E-state index in [1.807, 2.05) is 0 Å². The highest BCUT2D eigenvalue weighted by Gasteiger charge is 2.18. The summed E-state index contributed by atoms with van der Waals surface area (Å²) in [5, 5.41) is 0. The second-order valence-corrected chi connectivity index (χ2v) is 5.97. The Morgan fingerprint density at radius 1 is 1.50 bits per heavy atom. The predicted octanol–water partition coefficient (Wildman–Crippen LogP) is 2.13. The average molecular weight is 272 g/mol. The van der Waals surface area contributed by atoms with E-state index < -0.39 is 11.8 Å². The van der Waals surface area contributed by atoms with Crippen LogP contribution < -0.4 is 0 Å². The zero-order valence-electron chi connectivity index (χ0n) is 4.80. The lowest BCUT2D eigenvalue weighted by molar-refractivity contribution is 0.253. The lowest BCUT2D eigenvalue weighted by atomic mass is 10.5. The van der Waals surface area contributed by atoms with Gasteiger partial charge in [-0.2, -0.15) is 0 Å². The molecule has 0 heterocycles. The second kappa shape index (κ2) is 5.09. The van der Waals surface area contributed by atoms with E-state index in [0.717, 1.165) is 0 Å². The topological polar surface area (TPSA) is 49.7 Å². The minimum Gasteiger partial charge on any atom is -0.328 e. The Morgan fingerprint density at radius 3 is 2.30 bits per heavy atom. The molecule has 0 atom stereocenters. The first-order valence-corrected chi connectivity index (χ1v) is 5.01. The Labute approximate surface area is 78.4 Å². The fourth-order valence-corrected chi connectivity index (χ4v) is 0.814. The summed E-state index contributed by atoms with van der Waals surface area (Å²) < 4.78 is 3.35. The first kappa shape index (κ1) is 11.4. The molecule has 62 valence electrons. The van der Waals surface area contributed by atoms with Crippen LogP contribution in [-0.2, 0) is 4.52 Å². The van der Waals surface area contributed by atoms with E-state index in [9.17, 15) is 0 Å². The largest absolute Gasteiger partial charge is 0.328 e. The highest BCUT2D eigenvalue weighted by molar-refractivity contribution is 9.11. The van der Waals surface area contributed by atoms with Crippen molar-refractivity contribution < 1.29 is 14.3 Å². The SMILES string of the molecule is OP(O)OCCC(Cl)(Cl)Br. The van der Waals surface area contributed by atoms with Gasteiger partial charge in [0.15, 0.2) is 3.24 Å². The molecule has 0 amide bonds. The van der Waals surface area contributed by atoms with Crippen LogP contribution in [0.5, 0.6) is 0 Å². The summed E-state index contributed by atoms with van der Waals surface area (Å²) in [6.45, 7) is 0.108. The molecule has 2 N–H and O–H groups in total. The number of halogens is 3. The van der Waals surface area contributed by atoms with Crippen LogP contribution in [0.15, 0.2) is 0 Å². The molecule has 3 nitrogen and oxygen atoms in total. The van der Waals surface area contributed by atoms with Gasteiger partial charge in [0.2, 0.25) is 0 Å². The molecule has 0 aliphatic heterocycles. The molecular formula is C3H6BrCl2O3P. The van der Waals surface area contributed by atoms with Crippen LogP contribution in [0.2, 0.25) is 0 Å². The van der Waals surface area contributed by atoms with Crippen molar-refractivity contribution in [3.63, 3.8) is 0 Å². The van der Waals surface area contributed by atoms with Crippen LogP contribution in [0.4, 0.5) is 0 Å². The van der Waals surface area contributed by atoms with E-state index >= 15 is 0 Å². The molecule has 0 aromatic heterocycles. The van der Waals surface area contributed by atoms with E-state index in [1.54, 1.807) is 0 Å². The van der Waals surface area contributed by atoms with Crippen molar-refractivity contribution >= 4 is 47.7 Å². The van der Waals surface area contributed by atoms with Crippen molar-refractivity contribution in [1.82, 2.24) is 0 Å². The smallest absolute Gasteiger partial charge is 0.327 e. The zero-order chi connectivity index (χ0) is 8.20. The lowest BCUT2D eigenvalue weighted by Crippen LogP contribution is -2.04. The Bertz CT molecular complexity index is 96.2. The highest BCUT2D eigenvalue weighted by Crippen LogP contribution is 2.34. The van der Waals surface area contributed by atoms with Crippen molar-refractivity contribution in [3.8, 4) is 0 Å². The molecule has 0 rings (SSSR count). The van der Waals surface area contributed by atoms with Gasteiger partial charge in [-0.3, -0.25) is 0 Å². The van der Waals surface area contributed by atoms with Gasteiger partial charge in [-0.15, -0.1) is 0 Å². The van der Waals surface area contributed by atoms with Crippen molar-refractivity contribution in [2.24, 2.45) is 0 Å². The monoisotopic (exact) mass is 270 g/mol. The summed E-state index contributed by atoms with van der Waals surface area (Å²) >= 11 is 13.8. The molecule has 0 saturated carbocycles. The number of hydrogen-bond donors (Lipinski definition) is 2. The lowest BCUT2D eigenvalue weighted by Gasteiger charge is -2.10. The molecule has 0 aliphatic rings. The third-order valence-corrected chi connectivity index (χ3v) is 1.78. The van der Waals surface area contributed by atoms with Crippen LogP contribution in [0.3, 0.4) is 0 Å². The van der Waals surface area contributed by atoms with Crippen molar-refractivity contribution in [3.05, 3.63) is 0 Å². The summed E-state index contributed by atoms with van der Waals surface area (Å²) in [4.78, 5) is 16.5. The Kier molecular flexibility index (Phi) is 5.79. The first-order chi connectivity index (χ1) is 4.42. The molecule has 0 bridgehead atoms. The molecule has 0 aromatic rings. The highest BCUT2D eigenvalue weighted by atomic mass is 79.9. The average Bonchev–Trinajstić information content (AvgIpc) is 1.59. The molecule has 0 aliphatic carbocycles. The summed E-state index contributed by atoms with van der Waals surface area (Å²) in [7, 11) is -2.29. The fourth-order valence-electron chi connectivity index (χ4n) is 0.243. The van der Waals surface area contributed by atoms with Gasteiger partial charge < -0.3 is 14.3 Å².